The number of hydrogen-bond acceptors (Lipinski definition) is 3. The molecule has 0 bridgehead atoms. The molecule has 1 aliphatic carbocycles. The summed E-state index contributed by atoms with van der Waals surface area (Å²) in [4.78, 5) is 24.4. The number of carboxylic acids is 1. The molecule has 1 amide bonds. The predicted octanol–water partition coefficient (Wildman–Crippen LogP) is 3.11. The van der Waals surface area contributed by atoms with E-state index in [1.807, 2.05) is 31.2 Å². The van der Waals surface area contributed by atoms with E-state index in [0.29, 0.717) is 5.00 Å². The van der Waals surface area contributed by atoms with Gasteiger partial charge in [-0.05, 0) is 37.0 Å². The molecule has 1 aliphatic rings. The minimum absolute atomic E-state index is 0.101. The Balaban J connectivity index is 1.75. The molecular formula is C16H15NO3S. The van der Waals surface area contributed by atoms with Crippen LogP contribution in [0.5, 0.6) is 0 Å². The summed E-state index contributed by atoms with van der Waals surface area (Å²) in [6.07, 6.45) is 1.43. The number of thiophene rings is 1. The third-order valence-corrected chi connectivity index (χ3v) is 4.71. The van der Waals surface area contributed by atoms with Crippen molar-refractivity contribution >= 4 is 28.2 Å². The lowest BCUT2D eigenvalue weighted by molar-refractivity contribution is -0.119. The summed E-state index contributed by atoms with van der Waals surface area (Å²) in [7, 11) is 0. The highest BCUT2D eigenvalue weighted by atomic mass is 32.1. The summed E-state index contributed by atoms with van der Waals surface area (Å²) >= 11 is 1.30. The molecule has 0 saturated carbocycles. The van der Waals surface area contributed by atoms with Gasteiger partial charge in [-0.15, -0.1) is 11.3 Å². The fraction of sp³-hybridized carbons (Fsp3) is 0.250. The first-order valence-corrected chi connectivity index (χ1v) is 7.57. The van der Waals surface area contributed by atoms with E-state index in [-0.39, 0.29) is 17.4 Å². The molecule has 21 heavy (non-hydrogen) atoms. The molecule has 0 unspecified atom stereocenters. The number of aromatic carboxylic acids is 1. The highest BCUT2D eigenvalue weighted by molar-refractivity contribution is 7.16. The fourth-order valence-corrected chi connectivity index (χ4v) is 3.63. The average molecular weight is 301 g/mol. The topological polar surface area (TPSA) is 66.4 Å². The first-order valence-electron chi connectivity index (χ1n) is 6.76. The molecule has 1 aromatic carbocycles. The predicted molar refractivity (Wildman–Crippen MR) is 82.0 cm³/mol. The second-order valence-corrected chi connectivity index (χ2v) is 6.52. The largest absolute Gasteiger partial charge is 0.478 e. The minimum atomic E-state index is -1.01. The van der Waals surface area contributed by atoms with Gasteiger partial charge in [-0.25, -0.2) is 4.79 Å². The van der Waals surface area contributed by atoms with E-state index < -0.39 is 5.97 Å². The second-order valence-electron chi connectivity index (χ2n) is 5.27. The molecule has 1 heterocycles. The van der Waals surface area contributed by atoms with Gasteiger partial charge in [0.1, 0.15) is 5.00 Å². The van der Waals surface area contributed by atoms with Gasteiger partial charge in [-0.2, -0.15) is 0 Å². The van der Waals surface area contributed by atoms with E-state index in [1.54, 1.807) is 6.07 Å². The fourth-order valence-electron chi connectivity index (χ4n) is 2.72. The zero-order valence-electron chi connectivity index (χ0n) is 11.6. The van der Waals surface area contributed by atoms with E-state index in [4.69, 9.17) is 5.11 Å². The first kappa shape index (κ1) is 13.8. The van der Waals surface area contributed by atoms with Crippen molar-refractivity contribution < 1.29 is 14.7 Å². The Bertz CT molecular complexity index is 695. The number of benzene rings is 1. The number of fused-ring (bicyclic) bond motifs is 1. The number of carbonyl (C=O) groups is 2. The van der Waals surface area contributed by atoms with E-state index in [9.17, 15) is 9.59 Å². The summed E-state index contributed by atoms with van der Waals surface area (Å²) < 4.78 is 0. The van der Waals surface area contributed by atoms with Crippen molar-refractivity contribution in [3.63, 3.8) is 0 Å². The molecule has 0 spiro atoms. The summed E-state index contributed by atoms with van der Waals surface area (Å²) in [5.74, 6) is -1.23. The Labute approximate surface area is 126 Å². The molecule has 5 heteroatoms. The number of carboxylic acid groups (broad SMARTS) is 1. The molecule has 0 aliphatic heterocycles. The molecule has 0 atom stereocenters. The van der Waals surface area contributed by atoms with Gasteiger partial charge in [0.05, 0.1) is 5.56 Å². The van der Waals surface area contributed by atoms with Gasteiger partial charge < -0.3 is 10.4 Å². The van der Waals surface area contributed by atoms with Crippen LogP contribution in [0.3, 0.4) is 0 Å². The summed E-state index contributed by atoms with van der Waals surface area (Å²) in [5.41, 5.74) is 2.58. The molecule has 2 N–H and O–H groups in total. The van der Waals surface area contributed by atoms with Crippen LogP contribution in [-0.4, -0.2) is 17.0 Å². The maximum absolute atomic E-state index is 12.4. The number of aryl methyl sites for hydroxylation is 1. The number of hydrogen-bond donors (Lipinski definition) is 2. The van der Waals surface area contributed by atoms with E-state index in [2.05, 4.69) is 5.32 Å². The van der Waals surface area contributed by atoms with Gasteiger partial charge in [-0.3, -0.25) is 4.79 Å². The number of carbonyl (C=O) groups excluding carboxylic acids is 1. The number of nitrogens with one attached hydrogen (secondary N) is 1. The van der Waals surface area contributed by atoms with Crippen molar-refractivity contribution in [2.24, 2.45) is 5.92 Å². The Morgan fingerprint density at radius 2 is 1.86 bits per heavy atom. The van der Waals surface area contributed by atoms with Crippen molar-refractivity contribution in [3.8, 4) is 0 Å². The molecule has 108 valence electrons. The molecule has 0 fully saturated rings. The minimum Gasteiger partial charge on any atom is -0.478 e. The van der Waals surface area contributed by atoms with Gasteiger partial charge >= 0.3 is 5.97 Å². The lowest BCUT2D eigenvalue weighted by Gasteiger charge is -2.09. The van der Waals surface area contributed by atoms with E-state index in [1.165, 1.54) is 22.5 Å². The Morgan fingerprint density at radius 1 is 1.24 bits per heavy atom. The van der Waals surface area contributed by atoms with Crippen molar-refractivity contribution in [2.45, 2.75) is 19.8 Å². The third-order valence-electron chi connectivity index (χ3n) is 3.74. The first-order chi connectivity index (χ1) is 10.0. The number of rotatable bonds is 3. The van der Waals surface area contributed by atoms with Gasteiger partial charge in [0.25, 0.3) is 0 Å². The van der Waals surface area contributed by atoms with Crippen LogP contribution in [0.25, 0.3) is 0 Å². The Morgan fingerprint density at radius 3 is 2.43 bits per heavy atom. The van der Waals surface area contributed by atoms with Crippen LogP contribution in [0.2, 0.25) is 0 Å². The Kier molecular flexibility index (Phi) is 3.51. The SMILES string of the molecule is Cc1cc(C(=O)O)c(NC(=O)C2Cc3ccccc3C2)s1. The van der Waals surface area contributed by atoms with Gasteiger partial charge in [0.15, 0.2) is 0 Å². The molecule has 0 radical (unpaired) electrons. The summed E-state index contributed by atoms with van der Waals surface area (Å²) in [6, 6.07) is 9.63. The lowest BCUT2D eigenvalue weighted by Crippen LogP contribution is -2.23. The summed E-state index contributed by atoms with van der Waals surface area (Å²) in [5, 5.41) is 12.4. The highest BCUT2D eigenvalue weighted by Gasteiger charge is 2.28. The second kappa shape index (κ2) is 5.33. The maximum Gasteiger partial charge on any atom is 0.338 e. The Hall–Kier alpha value is -2.14. The van der Waals surface area contributed by atoms with Crippen LogP contribution >= 0.6 is 11.3 Å². The van der Waals surface area contributed by atoms with Crippen molar-refractivity contribution in [1.82, 2.24) is 0 Å². The van der Waals surface area contributed by atoms with Crippen LogP contribution < -0.4 is 5.32 Å². The smallest absolute Gasteiger partial charge is 0.338 e. The van der Waals surface area contributed by atoms with Crippen LogP contribution in [0.15, 0.2) is 30.3 Å². The van der Waals surface area contributed by atoms with Crippen molar-refractivity contribution in [3.05, 3.63) is 51.9 Å². The van der Waals surface area contributed by atoms with Crippen LogP contribution in [-0.2, 0) is 17.6 Å². The standard InChI is InChI=1S/C16H15NO3S/c1-9-6-13(16(19)20)15(21-9)17-14(18)12-7-10-4-2-3-5-11(10)8-12/h2-6,12H,7-8H2,1H3,(H,17,18)(H,19,20). The van der Waals surface area contributed by atoms with Gasteiger partial charge in [0.2, 0.25) is 5.91 Å². The summed E-state index contributed by atoms with van der Waals surface area (Å²) in [6.45, 7) is 1.83. The maximum atomic E-state index is 12.4. The van der Waals surface area contributed by atoms with E-state index in [0.717, 1.165) is 17.7 Å². The molecule has 2 aromatic rings. The zero-order chi connectivity index (χ0) is 15.0. The quantitative estimate of drug-likeness (QED) is 0.915. The third kappa shape index (κ3) is 2.69. The monoisotopic (exact) mass is 301 g/mol. The number of amides is 1. The molecule has 1 aromatic heterocycles. The molecule has 3 rings (SSSR count). The average Bonchev–Trinajstić information content (AvgIpc) is 3.02. The number of anilines is 1. The molecule has 0 saturated heterocycles. The van der Waals surface area contributed by atoms with Crippen molar-refractivity contribution in [2.75, 3.05) is 5.32 Å². The molecule has 4 nitrogen and oxygen atoms in total. The van der Waals surface area contributed by atoms with Crippen LogP contribution in [0.1, 0.15) is 26.4 Å². The van der Waals surface area contributed by atoms with E-state index >= 15 is 0 Å². The normalized spacial score (nSPS) is 14.0. The molecular weight excluding hydrogens is 286 g/mol. The van der Waals surface area contributed by atoms with Gasteiger partial charge in [0, 0.05) is 10.8 Å². The van der Waals surface area contributed by atoms with Crippen molar-refractivity contribution in [1.29, 1.82) is 0 Å². The van der Waals surface area contributed by atoms with Crippen LogP contribution in [0, 0.1) is 12.8 Å². The van der Waals surface area contributed by atoms with Crippen LogP contribution in [0.4, 0.5) is 5.00 Å². The lowest BCUT2D eigenvalue weighted by atomic mass is 10.1. The highest BCUT2D eigenvalue weighted by Crippen LogP contribution is 2.31. The zero-order valence-corrected chi connectivity index (χ0v) is 12.4. The van der Waals surface area contributed by atoms with Gasteiger partial charge in [-0.1, -0.05) is 24.3 Å².